The Bertz CT molecular complexity index is 1020. The number of hydrogen-bond donors (Lipinski definition) is 0. The van der Waals surface area contributed by atoms with Gasteiger partial charge in [-0.25, -0.2) is 4.98 Å². The van der Waals surface area contributed by atoms with E-state index in [1.807, 2.05) is 6.92 Å². The quantitative estimate of drug-likeness (QED) is 0.274. The molecule has 1 aromatic rings. The van der Waals surface area contributed by atoms with Crippen molar-refractivity contribution >= 4 is 29.7 Å². The van der Waals surface area contributed by atoms with E-state index in [1.54, 1.807) is 34.6 Å². The number of hydrogen-bond acceptors (Lipinski definition) is 10. The van der Waals surface area contributed by atoms with Crippen molar-refractivity contribution in [3.05, 3.63) is 22.4 Å². The first-order valence-electron chi connectivity index (χ1n) is 13.1. The number of aromatic nitrogens is 1. The molecule has 1 aliphatic carbocycles. The van der Waals surface area contributed by atoms with Gasteiger partial charge < -0.3 is 23.8 Å². The predicted molar refractivity (Wildman–Crippen MR) is 134 cm³/mol. The van der Waals surface area contributed by atoms with Crippen LogP contribution in [0.25, 0.3) is 0 Å². The summed E-state index contributed by atoms with van der Waals surface area (Å²) >= 11 is 0. The van der Waals surface area contributed by atoms with Gasteiger partial charge in [-0.3, -0.25) is 19.2 Å². The lowest BCUT2D eigenvalue weighted by molar-refractivity contribution is -0.204. The van der Waals surface area contributed by atoms with Gasteiger partial charge in [-0.1, -0.05) is 0 Å². The number of anilines is 1. The van der Waals surface area contributed by atoms with Gasteiger partial charge >= 0.3 is 23.9 Å². The molecule has 0 unspecified atom stereocenters. The number of esters is 4. The molecule has 0 aromatic carbocycles. The third kappa shape index (κ3) is 4.55. The van der Waals surface area contributed by atoms with Crippen LogP contribution in [0.2, 0.25) is 0 Å². The minimum absolute atomic E-state index is 0.0675. The van der Waals surface area contributed by atoms with Crippen molar-refractivity contribution < 1.29 is 38.1 Å². The standard InChI is InChI=1S/C27H38N2O8/c1-7-34-22(30)26(23(31)35-8-2)15-19-17(5)21(29-13-11-12-14-29)28-18(6)20(19)16-27(26,24(32)36-9-3)25(33)37-10-4/h7-16H2,1-6H3. The Morgan fingerprint density at radius 1 is 0.703 bits per heavy atom. The summed E-state index contributed by atoms with van der Waals surface area (Å²) in [6.07, 6.45) is 1.49. The summed E-state index contributed by atoms with van der Waals surface area (Å²) in [5.74, 6) is -3.31. The first-order valence-corrected chi connectivity index (χ1v) is 13.1. The third-order valence-corrected chi connectivity index (χ3v) is 7.38. The summed E-state index contributed by atoms with van der Waals surface area (Å²) in [6.45, 7) is 11.5. The van der Waals surface area contributed by atoms with Gasteiger partial charge in [0.15, 0.2) is 10.8 Å². The van der Waals surface area contributed by atoms with Crippen LogP contribution >= 0.6 is 0 Å². The van der Waals surface area contributed by atoms with E-state index in [-0.39, 0.29) is 39.3 Å². The first kappa shape index (κ1) is 28.4. The number of carbonyl (C=O) groups is 4. The fourth-order valence-electron chi connectivity index (χ4n) is 5.60. The molecule has 1 saturated heterocycles. The molecular weight excluding hydrogens is 480 g/mol. The average molecular weight is 519 g/mol. The monoisotopic (exact) mass is 518 g/mol. The predicted octanol–water partition coefficient (Wildman–Crippen LogP) is 2.62. The Morgan fingerprint density at radius 3 is 1.46 bits per heavy atom. The van der Waals surface area contributed by atoms with Crippen LogP contribution in [0.3, 0.4) is 0 Å². The zero-order chi connectivity index (χ0) is 27.4. The average Bonchev–Trinajstić information content (AvgIpc) is 3.40. The first-order chi connectivity index (χ1) is 17.7. The molecule has 204 valence electrons. The van der Waals surface area contributed by atoms with Crippen LogP contribution in [0.4, 0.5) is 5.82 Å². The molecule has 0 saturated carbocycles. The van der Waals surface area contributed by atoms with Gasteiger partial charge in [0.2, 0.25) is 0 Å². The normalized spacial score (nSPS) is 17.5. The van der Waals surface area contributed by atoms with Crippen molar-refractivity contribution in [3.8, 4) is 0 Å². The molecule has 0 amide bonds. The van der Waals surface area contributed by atoms with Gasteiger partial charge in [-0.15, -0.1) is 0 Å². The summed E-state index contributed by atoms with van der Waals surface area (Å²) < 4.78 is 21.5. The molecule has 0 N–H and O–H groups in total. The van der Waals surface area contributed by atoms with Crippen molar-refractivity contribution in [2.24, 2.45) is 10.8 Å². The van der Waals surface area contributed by atoms with E-state index < -0.39 is 34.7 Å². The number of pyridine rings is 1. The number of nitrogens with zero attached hydrogens (tertiary/aromatic N) is 2. The molecule has 1 fully saturated rings. The van der Waals surface area contributed by atoms with Crippen LogP contribution in [0.1, 0.15) is 62.9 Å². The molecule has 37 heavy (non-hydrogen) atoms. The number of fused-ring (bicyclic) bond motifs is 1. The van der Waals surface area contributed by atoms with E-state index in [1.165, 1.54) is 0 Å². The summed E-state index contributed by atoms with van der Waals surface area (Å²) in [5.41, 5.74) is -1.99. The maximum atomic E-state index is 13.9. The Labute approximate surface area is 218 Å². The van der Waals surface area contributed by atoms with E-state index in [4.69, 9.17) is 23.9 Å². The molecule has 2 heterocycles. The lowest BCUT2D eigenvalue weighted by atomic mass is 9.53. The van der Waals surface area contributed by atoms with Crippen molar-refractivity contribution in [2.75, 3.05) is 44.4 Å². The molecular formula is C27H38N2O8. The Morgan fingerprint density at radius 2 is 1.08 bits per heavy atom. The van der Waals surface area contributed by atoms with Crippen molar-refractivity contribution in [3.63, 3.8) is 0 Å². The smallest absolute Gasteiger partial charge is 0.325 e. The molecule has 2 aliphatic rings. The van der Waals surface area contributed by atoms with Gasteiger partial charge in [0, 0.05) is 31.6 Å². The maximum Gasteiger partial charge on any atom is 0.325 e. The lowest BCUT2D eigenvalue weighted by Crippen LogP contribution is -2.66. The summed E-state index contributed by atoms with van der Waals surface area (Å²) in [6, 6.07) is 0. The van der Waals surface area contributed by atoms with E-state index >= 15 is 0 Å². The summed E-state index contributed by atoms with van der Waals surface area (Å²) in [4.78, 5) is 62.3. The van der Waals surface area contributed by atoms with E-state index in [0.717, 1.165) is 37.3 Å². The second-order valence-corrected chi connectivity index (χ2v) is 9.34. The van der Waals surface area contributed by atoms with Gasteiger partial charge in [0.05, 0.1) is 26.4 Å². The van der Waals surface area contributed by atoms with E-state index in [2.05, 4.69) is 4.90 Å². The maximum absolute atomic E-state index is 13.9. The number of carbonyl (C=O) groups excluding carboxylic acids is 4. The highest BCUT2D eigenvalue weighted by Gasteiger charge is 2.75. The van der Waals surface area contributed by atoms with Crippen molar-refractivity contribution in [1.82, 2.24) is 4.98 Å². The molecule has 1 aliphatic heterocycles. The van der Waals surface area contributed by atoms with Crippen LogP contribution < -0.4 is 4.90 Å². The Balaban J connectivity index is 2.42. The van der Waals surface area contributed by atoms with Crippen LogP contribution in [-0.4, -0.2) is 68.4 Å². The molecule has 3 rings (SSSR count). The van der Waals surface area contributed by atoms with Crippen LogP contribution in [0, 0.1) is 24.7 Å². The van der Waals surface area contributed by atoms with Gasteiger partial charge in [-0.2, -0.15) is 0 Å². The van der Waals surface area contributed by atoms with Crippen LogP contribution in [0.5, 0.6) is 0 Å². The highest BCUT2D eigenvalue weighted by atomic mass is 16.6. The summed E-state index contributed by atoms with van der Waals surface area (Å²) in [5, 5.41) is 0. The third-order valence-electron chi connectivity index (χ3n) is 7.38. The number of rotatable bonds is 9. The minimum atomic E-state index is -2.35. The molecule has 0 spiro atoms. The highest BCUT2D eigenvalue weighted by Crippen LogP contribution is 2.54. The van der Waals surface area contributed by atoms with Crippen LogP contribution in [0.15, 0.2) is 0 Å². The van der Waals surface area contributed by atoms with Crippen LogP contribution in [-0.2, 0) is 51.0 Å². The largest absolute Gasteiger partial charge is 0.465 e. The number of aryl methyl sites for hydroxylation is 1. The Hall–Kier alpha value is -3.17. The lowest BCUT2D eigenvalue weighted by Gasteiger charge is -2.46. The molecule has 0 atom stereocenters. The van der Waals surface area contributed by atoms with Crippen molar-refractivity contribution in [1.29, 1.82) is 0 Å². The minimum Gasteiger partial charge on any atom is -0.465 e. The van der Waals surface area contributed by atoms with Gasteiger partial charge in [-0.05, 0) is 71.1 Å². The van der Waals surface area contributed by atoms with Gasteiger partial charge in [0.25, 0.3) is 0 Å². The second-order valence-electron chi connectivity index (χ2n) is 9.34. The van der Waals surface area contributed by atoms with E-state index in [9.17, 15) is 19.2 Å². The molecule has 10 heteroatoms. The highest BCUT2D eigenvalue weighted by molar-refractivity contribution is 6.15. The van der Waals surface area contributed by atoms with Gasteiger partial charge in [0.1, 0.15) is 5.82 Å². The topological polar surface area (TPSA) is 121 Å². The number of ether oxygens (including phenoxy) is 4. The SMILES string of the molecule is CCOC(=O)C1(C(=O)OCC)Cc2c(C)nc(N3CCCC3)c(C)c2CC1(C(=O)OCC)C(=O)OCC. The zero-order valence-electron chi connectivity index (χ0n) is 22.7. The second kappa shape index (κ2) is 11.5. The van der Waals surface area contributed by atoms with Crippen molar-refractivity contribution in [2.45, 2.75) is 67.2 Å². The molecule has 10 nitrogen and oxygen atoms in total. The zero-order valence-corrected chi connectivity index (χ0v) is 22.7. The fourth-order valence-corrected chi connectivity index (χ4v) is 5.60. The fraction of sp³-hybridized carbons (Fsp3) is 0.667. The molecule has 1 aromatic heterocycles. The molecule has 0 radical (unpaired) electrons. The summed E-state index contributed by atoms with van der Waals surface area (Å²) in [7, 11) is 0. The molecule has 0 bridgehead atoms. The Kier molecular flexibility index (Phi) is 8.81. The van der Waals surface area contributed by atoms with E-state index in [0.29, 0.717) is 16.8 Å².